The molecule has 0 saturated carbocycles. The Labute approximate surface area is 230 Å². The summed E-state index contributed by atoms with van der Waals surface area (Å²) in [5.74, 6) is -0.395. The van der Waals surface area contributed by atoms with E-state index in [0.29, 0.717) is 34.0 Å². The van der Waals surface area contributed by atoms with Gasteiger partial charge < -0.3 is 16.0 Å². The second-order valence-corrected chi connectivity index (χ2v) is 9.86. The Bertz CT molecular complexity index is 1690. The van der Waals surface area contributed by atoms with Gasteiger partial charge in [0, 0.05) is 29.2 Å². The Morgan fingerprint density at radius 3 is 2.35 bits per heavy atom. The summed E-state index contributed by atoms with van der Waals surface area (Å²) in [6.07, 6.45) is 1.43. The van der Waals surface area contributed by atoms with Crippen LogP contribution in [0, 0.1) is 30.9 Å². The van der Waals surface area contributed by atoms with Crippen LogP contribution in [0.1, 0.15) is 45.6 Å². The maximum atomic E-state index is 13.8. The first-order valence-electron chi connectivity index (χ1n) is 12.7. The second kappa shape index (κ2) is 10.5. The molecule has 1 atom stereocenters. The van der Waals surface area contributed by atoms with E-state index < -0.39 is 11.0 Å². The zero-order valence-electron chi connectivity index (χ0n) is 22.5. The number of nitrogens with zero attached hydrogens (tertiary/aromatic N) is 3. The van der Waals surface area contributed by atoms with E-state index in [2.05, 4.69) is 21.0 Å². The van der Waals surface area contributed by atoms with Crippen LogP contribution in [0.15, 0.2) is 84.2 Å². The van der Waals surface area contributed by atoms with Gasteiger partial charge in [0.05, 0.1) is 16.7 Å². The first-order chi connectivity index (χ1) is 19.1. The number of hydrogen-bond acceptors (Lipinski definition) is 6. The van der Waals surface area contributed by atoms with Gasteiger partial charge in [0.15, 0.2) is 0 Å². The Morgan fingerprint density at radius 2 is 1.65 bits per heavy atom. The van der Waals surface area contributed by atoms with Crippen LogP contribution in [0.4, 0.5) is 22.9 Å². The summed E-state index contributed by atoms with van der Waals surface area (Å²) in [6, 6.07) is 18.4. The molecule has 3 aromatic carbocycles. The number of amides is 2. The predicted octanol–water partition coefficient (Wildman–Crippen LogP) is 5.90. The van der Waals surface area contributed by atoms with Crippen molar-refractivity contribution in [3.63, 3.8) is 0 Å². The lowest BCUT2D eigenvalue weighted by Gasteiger charge is -2.30. The van der Waals surface area contributed by atoms with Gasteiger partial charge in [-0.25, -0.2) is 4.68 Å². The van der Waals surface area contributed by atoms with Crippen LogP contribution in [0.2, 0.25) is 0 Å². The standard InChI is InChI=1S/C30H28N6O4/c1-17-8-11-22(12-9-17)33-29(37)24-16-31-35-27(21-6-5-7-23(15-21)36(39)40)26(20(4)32-28(24)35)30(38)34-25-13-10-18(2)14-19(25)3/h5-16,27,32H,1-4H3,(H,33,37)(H,34,38)/t27-/m0/s1. The lowest BCUT2D eigenvalue weighted by atomic mass is 9.94. The predicted molar refractivity (Wildman–Crippen MR) is 153 cm³/mol. The van der Waals surface area contributed by atoms with E-state index in [1.165, 1.54) is 23.0 Å². The van der Waals surface area contributed by atoms with Crippen molar-refractivity contribution in [1.29, 1.82) is 0 Å². The molecule has 0 saturated heterocycles. The Morgan fingerprint density at radius 1 is 0.925 bits per heavy atom. The molecular weight excluding hydrogens is 508 g/mol. The molecule has 1 aliphatic heterocycles. The first kappa shape index (κ1) is 26.4. The average Bonchev–Trinajstić information content (AvgIpc) is 3.34. The molecule has 202 valence electrons. The van der Waals surface area contributed by atoms with Gasteiger partial charge in [0.1, 0.15) is 17.4 Å². The van der Waals surface area contributed by atoms with Gasteiger partial charge in [-0.3, -0.25) is 19.7 Å². The molecule has 40 heavy (non-hydrogen) atoms. The van der Waals surface area contributed by atoms with Gasteiger partial charge in [-0.05, 0) is 57.0 Å². The summed E-state index contributed by atoms with van der Waals surface area (Å²) in [4.78, 5) is 38.1. The molecule has 3 N–H and O–H groups in total. The zero-order valence-corrected chi connectivity index (χ0v) is 22.5. The molecular formula is C30H28N6O4. The Hall–Kier alpha value is -5.25. The fourth-order valence-corrected chi connectivity index (χ4v) is 4.81. The minimum atomic E-state index is -0.831. The number of nitro benzene ring substituents is 1. The number of anilines is 3. The number of carbonyl (C=O) groups excluding carboxylic acids is 2. The number of aromatic nitrogens is 2. The molecule has 2 heterocycles. The highest BCUT2D eigenvalue weighted by Crippen LogP contribution is 2.39. The van der Waals surface area contributed by atoms with Crippen LogP contribution in [-0.2, 0) is 4.79 Å². The van der Waals surface area contributed by atoms with E-state index in [4.69, 9.17) is 0 Å². The lowest BCUT2D eigenvalue weighted by molar-refractivity contribution is -0.384. The van der Waals surface area contributed by atoms with Crippen LogP contribution in [0.3, 0.4) is 0 Å². The van der Waals surface area contributed by atoms with E-state index in [0.717, 1.165) is 16.7 Å². The molecule has 0 spiro atoms. The molecule has 0 fully saturated rings. The van der Waals surface area contributed by atoms with Gasteiger partial charge in [-0.2, -0.15) is 5.10 Å². The molecule has 4 aromatic rings. The third kappa shape index (κ3) is 5.06. The van der Waals surface area contributed by atoms with E-state index in [9.17, 15) is 19.7 Å². The fraction of sp³-hybridized carbons (Fsp3) is 0.167. The molecule has 0 bridgehead atoms. The number of hydrogen-bond donors (Lipinski definition) is 3. The van der Waals surface area contributed by atoms with Crippen LogP contribution >= 0.6 is 0 Å². The number of carbonyl (C=O) groups is 2. The summed E-state index contributed by atoms with van der Waals surface area (Å²) in [5, 5.41) is 25.1. The van der Waals surface area contributed by atoms with E-state index in [-0.39, 0.29) is 23.1 Å². The summed E-state index contributed by atoms with van der Waals surface area (Å²) in [6.45, 7) is 7.58. The number of fused-ring (bicyclic) bond motifs is 1. The van der Waals surface area contributed by atoms with Gasteiger partial charge >= 0.3 is 0 Å². The number of benzene rings is 3. The van der Waals surface area contributed by atoms with Crippen LogP contribution in [-0.4, -0.2) is 26.5 Å². The van der Waals surface area contributed by atoms with Crippen LogP contribution in [0.5, 0.6) is 0 Å². The smallest absolute Gasteiger partial charge is 0.269 e. The van der Waals surface area contributed by atoms with Crippen molar-refractivity contribution in [1.82, 2.24) is 9.78 Å². The molecule has 0 aliphatic carbocycles. The summed E-state index contributed by atoms with van der Waals surface area (Å²) < 4.78 is 1.52. The molecule has 2 amide bonds. The number of non-ortho nitro benzene ring substituents is 1. The number of nitrogens with one attached hydrogen (secondary N) is 3. The van der Waals surface area contributed by atoms with Gasteiger partial charge in [-0.15, -0.1) is 0 Å². The fourth-order valence-electron chi connectivity index (χ4n) is 4.81. The van der Waals surface area contributed by atoms with Crippen molar-refractivity contribution in [2.45, 2.75) is 33.7 Å². The van der Waals surface area contributed by atoms with Crippen molar-refractivity contribution in [2.24, 2.45) is 0 Å². The minimum Gasteiger partial charge on any atom is -0.343 e. The quantitative estimate of drug-likeness (QED) is 0.208. The maximum Gasteiger partial charge on any atom is 0.269 e. The highest BCUT2D eigenvalue weighted by Gasteiger charge is 2.36. The zero-order chi connectivity index (χ0) is 28.6. The van der Waals surface area contributed by atoms with Crippen molar-refractivity contribution in [3.8, 4) is 0 Å². The van der Waals surface area contributed by atoms with Gasteiger partial charge in [0.2, 0.25) is 0 Å². The van der Waals surface area contributed by atoms with E-state index in [1.807, 2.05) is 63.2 Å². The second-order valence-electron chi connectivity index (χ2n) is 9.86. The van der Waals surface area contributed by atoms with E-state index >= 15 is 0 Å². The first-order valence-corrected chi connectivity index (χ1v) is 12.7. The van der Waals surface area contributed by atoms with Crippen LogP contribution in [0.25, 0.3) is 0 Å². The van der Waals surface area contributed by atoms with E-state index in [1.54, 1.807) is 19.1 Å². The SMILES string of the molecule is CC1=C(C(=O)Nc2ccc(C)cc2C)[C@H](c2cccc([N+](=O)[O-])c2)n2ncc(C(=O)Nc3ccc(C)cc3)c2N1. The molecule has 5 rings (SSSR count). The Kier molecular flexibility index (Phi) is 6.91. The average molecular weight is 537 g/mol. The maximum absolute atomic E-state index is 13.8. The van der Waals surface area contributed by atoms with Crippen molar-refractivity contribution in [3.05, 3.63) is 122 Å². The largest absolute Gasteiger partial charge is 0.343 e. The Balaban J connectivity index is 1.57. The molecule has 10 nitrogen and oxygen atoms in total. The van der Waals surface area contributed by atoms with Crippen LogP contribution < -0.4 is 16.0 Å². The van der Waals surface area contributed by atoms with Crippen molar-refractivity contribution in [2.75, 3.05) is 16.0 Å². The molecule has 0 radical (unpaired) electrons. The molecule has 1 aliphatic rings. The summed E-state index contributed by atoms with van der Waals surface area (Å²) >= 11 is 0. The third-order valence-corrected chi connectivity index (χ3v) is 6.85. The number of allylic oxidation sites excluding steroid dienone is 1. The van der Waals surface area contributed by atoms with Gasteiger partial charge in [-0.1, -0.05) is 47.5 Å². The highest BCUT2D eigenvalue weighted by molar-refractivity contribution is 6.09. The highest BCUT2D eigenvalue weighted by atomic mass is 16.6. The lowest BCUT2D eigenvalue weighted by Crippen LogP contribution is -2.32. The summed E-state index contributed by atoms with van der Waals surface area (Å²) in [5.41, 5.74) is 5.76. The molecule has 1 aromatic heterocycles. The molecule has 0 unspecified atom stereocenters. The monoisotopic (exact) mass is 536 g/mol. The summed E-state index contributed by atoms with van der Waals surface area (Å²) in [7, 11) is 0. The molecule has 10 heteroatoms. The number of nitro groups is 1. The third-order valence-electron chi connectivity index (χ3n) is 6.85. The van der Waals surface area contributed by atoms with Gasteiger partial charge in [0.25, 0.3) is 17.5 Å². The number of rotatable bonds is 6. The topological polar surface area (TPSA) is 131 Å². The normalized spacial score (nSPS) is 14.2. The minimum absolute atomic E-state index is 0.117. The number of aryl methyl sites for hydroxylation is 3. The van der Waals surface area contributed by atoms with Crippen molar-refractivity contribution < 1.29 is 14.5 Å². The van der Waals surface area contributed by atoms with Crippen molar-refractivity contribution >= 4 is 34.7 Å².